The van der Waals surface area contributed by atoms with Crippen LogP contribution in [0.15, 0.2) is 42.7 Å². The Morgan fingerprint density at radius 1 is 1.03 bits per heavy atom. The van der Waals surface area contributed by atoms with Crippen molar-refractivity contribution >= 4 is 23.4 Å². The highest BCUT2D eigenvalue weighted by Gasteiger charge is 2.39. The monoisotopic (exact) mass is 454 g/mol. The van der Waals surface area contributed by atoms with Crippen molar-refractivity contribution in [2.75, 3.05) is 13.1 Å². The standard InChI is InChI=1S/C23H20ClFN4O3/c24-16-10-14(3-4-17(16)25)12-27-7-5-18-19(22(27)31)21(30)20-23(32)28(8-9-29(18)20)13-15-2-1-6-26-11-15/h1-4,6,10-11,30H,5,7-9,12-13H2. The molecule has 0 aliphatic carbocycles. The van der Waals surface area contributed by atoms with E-state index < -0.39 is 5.82 Å². The number of hydrogen-bond acceptors (Lipinski definition) is 4. The average molecular weight is 455 g/mol. The van der Waals surface area contributed by atoms with E-state index in [0.717, 1.165) is 5.56 Å². The molecular weight excluding hydrogens is 435 g/mol. The summed E-state index contributed by atoms with van der Waals surface area (Å²) in [4.78, 5) is 33.7. The molecule has 1 aromatic carbocycles. The van der Waals surface area contributed by atoms with Crippen molar-refractivity contribution in [3.8, 4) is 5.75 Å². The smallest absolute Gasteiger partial charge is 0.274 e. The van der Waals surface area contributed by atoms with Crippen molar-refractivity contribution in [1.29, 1.82) is 0 Å². The van der Waals surface area contributed by atoms with Gasteiger partial charge in [-0.2, -0.15) is 0 Å². The summed E-state index contributed by atoms with van der Waals surface area (Å²) >= 11 is 5.86. The molecule has 2 aromatic heterocycles. The molecule has 0 bridgehead atoms. The summed E-state index contributed by atoms with van der Waals surface area (Å²) in [7, 11) is 0. The van der Waals surface area contributed by atoms with Crippen LogP contribution in [0.2, 0.25) is 5.02 Å². The lowest BCUT2D eigenvalue weighted by Crippen LogP contribution is -2.41. The zero-order valence-electron chi connectivity index (χ0n) is 17.1. The minimum Gasteiger partial charge on any atom is -0.505 e. The summed E-state index contributed by atoms with van der Waals surface area (Å²) in [5.41, 5.74) is 2.60. The van der Waals surface area contributed by atoms with Gasteiger partial charge in [-0.3, -0.25) is 14.6 Å². The van der Waals surface area contributed by atoms with Crippen LogP contribution in [-0.2, 0) is 26.1 Å². The fourth-order valence-corrected chi connectivity index (χ4v) is 4.65. The number of halogens is 2. The van der Waals surface area contributed by atoms with Gasteiger partial charge in [0.25, 0.3) is 11.8 Å². The maximum absolute atomic E-state index is 13.5. The van der Waals surface area contributed by atoms with Crippen LogP contribution in [0.3, 0.4) is 0 Å². The number of amides is 2. The number of carbonyl (C=O) groups excluding carboxylic acids is 2. The molecular formula is C23H20ClFN4O3. The Morgan fingerprint density at radius 3 is 2.56 bits per heavy atom. The highest BCUT2D eigenvalue weighted by Crippen LogP contribution is 2.37. The van der Waals surface area contributed by atoms with Gasteiger partial charge in [0.15, 0.2) is 11.4 Å². The molecule has 2 amide bonds. The SMILES string of the molecule is O=C1c2c(O)c3n(c2CCN1Cc1ccc(F)c(Cl)c1)CCN(Cc1cccnc1)C3=O. The van der Waals surface area contributed by atoms with Crippen molar-refractivity contribution in [2.45, 2.75) is 26.1 Å². The first-order valence-electron chi connectivity index (χ1n) is 10.3. The molecule has 3 aromatic rings. The Hall–Kier alpha value is -3.39. The van der Waals surface area contributed by atoms with Crippen molar-refractivity contribution in [3.63, 3.8) is 0 Å². The van der Waals surface area contributed by atoms with E-state index in [4.69, 9.17) is 11.6 Å². The molecule has 0 saturated heterocycles. The van der Waals surface area contributed by atoms with Crippen LogP contribution in [-0.4, -0.2) is 49.4 Å². The number of hydrogen-bond donors (Lipinski definition) is 1. The topological polar surface area (TPSA) is 78.7 Å². The van der Waals surface area contributed by atoms with Gasteiger partial charge in [0.1, 0.15) is 11.4 Å². The van der Waals surface area contributed by atoms with E-state index in [0.29, 0.717) is 43.9 Å². The molecule has 5 rings (SSSR count). The molecule has 0 unspecified atom stereocenters. The third-order valence-corrected chi connectivity index (χ3v) is 6.29. The predicted molar refractivity (Wildman–Crippen MR) is 115 cm³/mol. The minimum absolute atomic E-state index is 0.00544. The fourth-order valence-electron chi connectivity index (χ4n) is 4.45. The van der Waals surface area contributed by atoms with Crippen LogP contribution >= 0.6 is 11.6 Å². The van der Waals surface area contributed by atoms with Gasteiger partial charge in [-0.15, -0.1) is 0 Å². The molecule has 0 spiro atoms. The molecule has 7 nitrogen and oxygen atoms in total. The van der Waals surface area contributed by atoms with E-state index in [9.17, 15) is 19.1 Å². The van der Waals surface area contributed by atoms with Gasteiger partial charge >= 0.3 is 0 Å². The third-order valence-electron chi connectivity index (χ3n) is 6.00. The van der Waals surface area contributed by atoms with Gasteiger partial charge in [0.2, 0.25) is 0 Å². The molecule has 32 heavy (non-hydrogen) atoms. The highest BCUT2D eigenvalue weighted by atomic mass is 35.5. The Balaban J connectivity index is 1.42. The van der Waals surface area contributed by atoms with Crippen LogP contribution in [0.25, 0.3) is 0 Å². The molecule has 0 radical (unpaired) electrons. The molecule has 1 N–H and O–H groups in total. The number of aromatic hydroxyl groups is 1. The first-order chi connectivity index (χ1) is 15.4. The second-order valence-electron chi connectivity index (χ2n) is 7.98. The molecule has 4 heterocycles. The molecule has 2 aliphatic heterocycles. The largest absolute Gasteiger partial charge is 0.505 e. The van der Waals surface area contributed by atoms with Gasteiger partial charge in [0, 0.05) is 57.2 Å². The van der Waals surface area contributed by atoms with E-state index in [1.165, 1.54) is 12.1 Å². The summed E-state index contributed by atoms with van der Waals surface area (Å²) in [5.74, 6) is -1.45. The van der Waals surface area contributed by atoms with Crippen LogP contribution in [0.5, 0.6) is 5.75 Å². The Bertz CT molecular complexity index is 1230. The Morgan fingerprint density at radius 2 is 1.81 bits per heavy atom. The van der Waals surface area contributed by atoms with Gasteiger partial charge < -0.3 is 19.5 Å². The maximum atomic E-state index is 13.5. The number of pyridine rings is 1. The van der Waals surface area contributed by atoms with E-state index in [1.807, 2.05) is 12.1 Å². The average Bonchev–Trinajstić information content (AvgIpc) is 3.08. The van der Waals surface area contributed by atoms with Crippen LogP contribution in [0, 0.1) is 5.82 Å². The molecule has 164 valence electrons. The van der Waals surface area contributed by atoms with E-state index in [2.05, 4.69) is 4.98 Å². The van der Waals surface area contributed by atoms with Gasteiger partial charge in [-0.05, 0) is 29.3 Å². The number of fused-ring (bicyclic) bond motifs is 3. The molecule has 0 saturated carbocycles. The van der Waals surface area contributed by atoms with Crippen molar-refractivity contribution in [2.24, 2.45) is 0 Å². The lowest BCUT2D eigenvalue weighted by Gasteiger charge is -2.30. The quantitative estimate of drug-likeness (QED) is 0.656. The van der Waals surface area contributed by atoms with Crippen molar-refractivity contribution in [1.82, 2.24) is 19.4 Å². The van der Waals surface area contributed by atoms with Crippen LogP contribution in [0.4, 0.5) is 4.39 Å². The predicted octanol–water partition coefficient (Wildman–Crippen LogP) is 3.24. The summed E-state index contributed by atoms with van der Waals surface area (Å²) in [6.07, 6.45) is 3.89. The first-order valence-corrected chi connectivity index (χ1v) is 10.7. The number of carbonyl (C=O) groups is 2. The van der Waals surface area contributed by atoms with E-state index >= 15 is 0 Å². The summed E-state index contributed by atoms with van der Waals surface area (Å²) < 4.78 is 15.2. The number of aromatic nitrogens is 2. The number of benzene rings is 1. The maximum Gasteiger partial charge on any atom is 0.274 e. The van der Waals surface area contributed by atoms with Gasteiger partial charge in [-0.1, -0.05) is 23.7 Å². The zero-order chi connectivity index (χ0) is 22.4. The normalized spacial score (nSPS) is 15.7. The van der Waals surface area contributed by atoms with Crippen molar-refractivity contribution in [3.05, 3.63) is 81.6 Å². The highest BCUT2D eigenvalue weighted by molar-refractivity contribution is 6.30. The number of rotatable bonds is 4. The zero-order valence-corrected chi connectivity index (χ0v) is 17.8. The van der Waals surface area contributed by atoms with E-state index in [-0.39, 0.29) is 40.4 Å². The molecule has 0 atom stereocenters. The minimum atomic E-state index is -0.519. The second kappa shape index (κ2) is 7.94. The molecule has 2 aliphatic rings. The van der Waals surface area contributed by atoms with E-state index in [1.54, 1.807) is 32.8 Å². The van der Waals surface area contributed by atoms with Gasteiger partial charge in [-0.25, -0.2) is 4.39 Å². The van der Waals surface area contributed by atoms with Crippen LogP contribution < -0.4 is 0 Å². The summed E-state index contributed by atoms with van der Waals surface area (Å²) in [6.45, 7) is 2.03. The summed E-state index contributed by atoms with van der Waals surface area (Å²) in [6, 6.07) is 8.03. The van der Waals surface area contributed by atoms with Crippen LogP contribution in [0.1, 0.15) is 37.7 Å². The second-order valence-corrected chi connectivity index (χ2v) is 8.39. The Labute approximate surface area is 188 Å². The van der Waals surface area contributed by atoms with Gasteiger partial charge in [0.05, 0.1) is 5.02 Å². The fraction of sp³-hybridized carbons (Fsp3) is 0.261. The summed E-state index contributed by atoms with van der Waals surface area (Å²) in [5, 5.41) is 10.9. The number of nitrogens with zero attached hydrogens (tertiary/aromatic N) is 4. The van der Waals surface area contributed by atoms with Crippen molar-refractivity contribution < 1.29 is 19.1 Å². The third kappa shape index (κ3) is 3.40. The molecule has 9 heteroatoms. The molecule has 0 fully saturated rings. The lowest BCUT2D eigenvalue weighted by molar-refractivity contribution is 0.0680. The lowest BCUT2D eigenvalue weighted by atomic mass is 10.0. The Kier molecular flexibility index (Phi) is 5.09. The first kappa shape index (κ1) is 20.5.